The fourth-order valence-corrected chi connectivity index (χ4v) is 1.43. The summed E-state index contributed by atoms with van der Waals surface area (Å²) in [4.78, 5) is 15.4. The van der Waals surface area contributed by atoms with Crippen LogP contribution in [-0.2, 0) is 0 Å². The van der Waals surface area contributed by atoms with E-state index in [2.05, 4.69) is 10.3 Å². The van der Waals surface area contributed by atoms with E-state index in [-0.39, 0.29) is 11.5 Å². The lowest BCUT2D eigenvalue weighted by Gasteiger charge is -2.08. The van der Waals surface area contributed by atoms with Gasteiger partial charge in [-0.1, -0.05) is 0 Å². The number of benzene rings is 1. The van der Waals surface area contributed by atoms with E-state index in [1.807, 2.05) is 0 Å². The molecule has 0 bridgehead atoms. The van der Waals surface area contributed by atoms with E-state index in [0.29, 0.717) is 6.07 Å². The summed E-state index contributed by atoms with van der Waals surface area (Å²) in [6, 6.07) is 3.12. The third-order valence-corrected chi connectivity index (χ3v) is 2.42. The Morgan fingerprint density at radius 3 is 2.55 bits per heavy atom. The van der Waals surface area contributed by atoms with Crippen molar-refractivity contribution in [2.24, 2.45) is 0 Å². The van der Waals surface area contributed by atoms with Crippen molar-refractivity contribution in [3.05, 3.63) is 47.4 Å². The molecule has 104 valence electrons. The van der Waals surface area contributed by atoms with Crippen LogP contribution in [0.5, 0.6) is 5.75 Å². The number of aromatic nitrogens is 1. The van der Waals surface area contributed by atoms with Crippen LogP contribution in [0.25, 0.3) is 0 Å². The van der Waals surface area contributed by atoms with Crippen molar-refractivity contribution >= 4 is 17.4 Å². The van der Waals surface area contributed by atoms with Crippen LogP contribution in [-0.4, -0.2) is 16.0 Å². The van der Waals surface area contributed by atoms with Crippen LogP contribution in [0.3, 0.4) is 0 Å². The Hall–Kier alpha value is -2.77. The molecule has 0 saturated heterocycles. The van der Waals surface area contributed by atoms with Gasteiger partial charge in [0.15, 0.2) is 17.4 Å². The molecule has 0 unspecified atom stereocenters. The first-order valence-electron chi connectivity index (χ1n) is 5.29. The highest BCUT2D eigenvalue weighted by molar-refractivity contribution is 6.04. The van der Waals surface area contributed by atoms with Gasteiger partial charge in [0.05, 0.1) is 17.4 Å². The van der Waals surface area contributed by atoms with Crippen LogP contribution in [0.15, 0.2) is 24.4 Å². The normalized spacial score (nSPS) is 10.3. The van der Waals surface area contributed by atoms with Crippen molar-refractivity contribution in [1.29, 1.82) is 0 Å². The van der Waals surface area contributed by atoms with Gasteiger partial charge in [-0.05, 0) is 18.2 Å². The first-order chi connectivity index (χ1) is 9.40. The molecule has 0 aliphatic rings. The second kappa shape index (κ2) is 5.08. The average molecular weight is 283 g/mol. The number of nitrogens with one attached hydrogen (secondary N) is 1. The quantitative estimate of drug-likeness (QED) is 0.736. The minimum absolute atomic E-state index is 0.174. The van der Waals surface area contributed by atoms with Gasteiger partial charge in [-0.15, -0.1) is 0 Å². The van der Waals surface area contributed by atoms with Gasteiger partial charge in [0.25, 0.3) is 5.91 Å². The van der Waals surface area contributed by atoms with Crippen LogP contribution >= 0.6 is 0 Å². The summed E-state index contributed by atoms with van der Waals surface area (Å²) in [6.45, 7) is 0. The fourth-order valence-electron chi connectivity index (χ4n) is 1.43. The number of nitrogen functional groups attached to an aromatic ring is 1. The maximum Gasteiger partial charge on any atom is 0.258 e. The number of hydrogen-bond acceptors (Lipinski definition) is 4. The van der Waals surface area contributed by atoms with Crippen molar-refractivity contribution in [2.75, 3.05) is 11.1 Å². The molecule has 1 amide bonds. The maximum atomic E-state index is 13.5. The van der Waals surface area contributed by atoms with Crippen molar-refractivity contribution in [3.8, 4) is 5.75 Å². The molecule has 20 heavy (non-hydrogen) atoms. The fraction of sp³-hybridized carbons (Fsp3) is 0. The molecule has 1 aromatic carbocycles. The van der Waals surface area contributed by atoms with E-state index < -0.39 is 34.7 Å². The summed E-state index contributed by atoms with van der Waals surface area (Å²) in [5, 5.41) is 11.2. The summed E-state index contributed by atoms with van der Waals surface area (Å²) in [5.74, 6) is -7.25. The number of phenols is 1. The van der Waals surface area contributed by atoms with Crippen molar-refractivity contribution in [1.82, 2.24) is 4.98 Å². The molecule has 0 atom stereocenters. The van der Waals surface area contributed by atoms with Crippen LogP contribution in [0.4, 0.5) is 24.7 Å². The number of phenolic OH excluding ortho intramolecular Hbond substituents is 1. The Labute approximate surface area is 110 Å². The summed E-state index contributed by atoms with van der Waals surface area (Å²) < 4.78 is 39.5. The van der Waals surface area contributed by atoms with Crippen LogP contribution in [0, 0.1) is 17.5 Å². The number of carbonyl (C=O) groups excluding carboxylic acids is 1. The molecule has 0 spiro atoms. The number of amides is 1. The lowest BCUT2D eigenvalue weighted by molar-refractivity contribution is 0.102. The molecule has 8 heteroatoms. The topological polar surface area (TPSA) is 88.2 Å². The van der Waals surface area contributed by atoms with Gasteiger partial charge in [0.2, 0.25) is 5.82 Å². The number of nitrogens with zero attached hydrogens (tertiary/aromatic N) is 1. The van der Waals surface area contributed by atoms with E-state index in [9.17, 15) is 18.0 Å². The number of pyridine rings is 1. The highest BCUT2D eigenvalue weighted by atomic mass is 19.2. The Bertz CT molecular complexity index is 675. The Kier molecular flexibility index (Phi) is 3.47. The highest BCUT2D eigenvalue weighted by Crippen LogP contribution is 2.26. The summed E-state index contributed by atoms with van der Waals surface area (Å²) in [5.41, 5.74) is 4.68. The van der Waals surface area contributed by atoms with Gasteiger partial charge in [-0.3, -0.25) is 4.79 Å². The second-order valence-electron chi connectivity index (χ2n) is 3.81. The van der Waals surface area contributed by atoms with Gasteiger partial charge in [-0.2, -0.15) is 4.39 Å². The lowest BCUT2D eigenvalue weighted by atomic mass is 10.1. The van der Waals surface area contributed by atoms with Gasteiger partial charge in [0, 0.05) is 0 Å². The standard InChI is InChI=1S/C12H8F3N3O2/c13-7-3-6(9(14)11(19)10(7)15)12(20)18-5-1-2-8(16)17-4-5/h1-4,19H,(H2,16,17)(H,18,20). The number of anilines is 2. The number of hydrogen-bond donors (Lipinski definition) is 3. The average Bonchev–Trinajstić information content (AvgIpc) is 2.43. The third kappa shape index (κ3) is 2.48. The third-order valence-electron chi connectivity index (χ3n) is 2.42. The molecule has 0 aliphatic carbocycles. The second-order valence-corrected chi connectivity index (χ2v) is 3.81. The SMILES string of the molecule is Nc1ccc(NC(=O)c2cc(F)c(F)c(O)c2F)cn1. The zero-order chi connectivity index (χ0) is 14.9. The molecular weight excluding hydrogens is 275 g/mol. The van der Waals surface area contributed by atoms with Gasteiger partial charge >= 0.3 is 0 Å². The minimum atomic E-state index is -1.76. The van der Waals surface area contributed by atoms with Gasteiger partial charge in [0.1, 0.15) is 5.82 Å². The largest absolute Gasteiger partial charge is 0.503 e. The predicted octanol–water partition coefficient (Wildman–Crippen LogP) is 2.04. The van der Waals surface area contributed by atoms with Crippen molar-refractivity contribution in [3.63, 3.8) is 0 Å². The molecule has 1 heterocycles. The van der Waals surface area contributed by atoms with E-state index >= 15 is 0 Å². The molecule has 2 rings (SSSR count). The molecule has 0 fully saturated rings. The molecule has 1 aromatic heterocycles. The number of halogens is 3. The van der Waals surface area contributed by atoms with Crippen molar-refractivity contribution in [2.45, 2.75) is 0 Å². The smallest absolute Gasteiger partial charge is 0.258 e. The first kappa shape index (κ1) is 13.7. The Morgan fingerprint density at radius 1 is 1.25 bits per heavy atom. The van der Waals surface area contributed by atoms with E-state index in [1.165, 1.54) is 18.3 Å². The van der Waals surface area contributed by atoms with E-state index in [4.69, 9.17) is 10.8 Å². The van der Waals surface area contributed by atoms with Crippen molar-refractivity contribution < 1.29 is 23.1 Å². The molecule has 4 N–H and O–H groups in total. The predicted molar refractivity (Wildman–Crippen MR) is 64.6 cm³/mol. The highest BCUT2D eigenvalue weighted by Gasteiger charge is 2.22. The molecule has 2 aromatic rings. The number of carbonyl (C=O) groups is 1. The molecular formula is C12H8F3N3O2. The summed E-state index contributed by atoms with van der Waals surface area (Å²) in [7, 11) is 0. The summed E-state index contributed by atoms with van der Waals surface area (Å²) >= 11 is 0. The monoisotopic (exact) mass is 283 g/mol. The zero-order valence-electron chi connectivity index (χ0n) is 9.82. The maximum absolute atomic E-state index is 13.5. The van der Waals surface area contributed by atoms with Crippen LogP contribution in [0.2, 0.25) is 0 Å². The molecule has 5 nitrogen and oxygen atoms in total. The summed E-state index contributed by atoms with van der Waals surface area (Å²) in [6.07, 6.45) is 1.20. The molecule has 0 aliphatic heterocycles. The number of nitrogens with two attached hydrogens (primary N) is 1. The first-order valence-corrected chi connectivity index (χ1v) is 5.29. The molecule has 0 radical (unpaired) electrons. The van der Waals surface area contributed by atoms with Crippen LogP contribution in [0.1, 0.15) is 10.4 Å². The number of rotatable bonds is 2. The van der Waals surface area contributed by atoms with E-state index in [1.54, 1.807) is 0 Å². The molecule has 0 saturated carbocycles. The van der Waals surface area contributed by atoms with Gasteiger partial charge < -0.3 is 16.2 Å². The van der Waals surface area contributed by atoms with Crippen LogP contribution < -0.4 is 11.1 Å². The Balaban J connectivity index is 2.32. The van der Waals surface area contributed by atoms with E-state index in [0.717, 1.165) is 0 Å². The Morgan fingerprint density at radius 2 is 1.95 bits per heavy atom. The number of aromatic hydroxyl groups is 1. The minimum Gasteiger partial charge on any atom is -0.503 e. The lowest BCUT2D eigenvalue weighted by Crippen LogP contribution is -2.15. The zero-order valence-corrected chi connectivity index (χ0v) is 9.82. The van der Waals surface area contributed by atoms with Gasteiger partial charge in [-0.25, -0.2) is 13.8 Å².